The second-order valence-electron chi connectivity index (χ2n) is 4.75. The van der Waals surface area contributed by atoms with Crippen LogP contribution in [0.15, 0.2) is 29.1 Å². The fourth-order valence-electron chi connectivity index (χ4n) is 2.21. The van der Waals surface area contributed by atoms with E-state index in [1.165, 1.54) is 0 Å². The number of rotatable bonds is 5. The Morgan fingerprint density at radius 1 is 1.29 bits per heavy atom. The molecule has 0 radical (unpaired) electrons. The van der Waals surface area contributed by atoms with Gasteiger partial charge in [-0.3, -0.25) is 14.4 Å². The van der Waals surface area contributed by atoms with Crippen LogP contribution in [0.3, 0.4) is 0 Å². The van der Waals surface area contributed by atoms with Crippen LogP contribution >= 0.6 is 0 Å². The van der Waals surface area contributed by atoms with E-state index in [4.69, 9.17) is 5.11 Å². The summed E-state index contributed by atoms with van der Waals surface area (Å²) in [5.41, 5.74) is 0.929. The quantitative estimate of drug-likeness (QED) is 0.725. The zero-order valence-electron chi connectivity index (χ0n) is 11.6. The van der Waals surface area contributed by atoms with E-state index in [9.17, 15) is 14.4 Å². The molecule has 6 nitrogen and oxygen atoms in total. The average Bonchev–Trinajstić information content (AvgIpc) is 2.43. The average molecular weight is 288 g/mol. The SMILES string of the molecule is Cc1c(C(=O)NCCCC(=O)O)c(=O)[nH]c2ccccc12. The van der Waals surface area contributed by atoms with Gasteiger partial charge in [-0.1, -0.05) is 18.2 Å². The van der Waals surface area contributed by atoms with Crippen LogP contribution in [0.4, 0.5) is 0 Å². The van der Waals surface area contributed by atoms with Gasteiger partial charge in [-0.2, -0.15) is 0 Å². The second kappa shape index (κ2) is 6.21. The van der Waals surface area contributed by atoms with E-state index in [1.54, 1.807) is 13.0 Å². The van der Waals surface area contributed by atoms with Crippen molar-refractivity contribution in [2.45, 2.75) is 19.8 Å². The lowest BCUT2D eigenvalue weighted by Crippen LogP contribution is -2.31. The number of para-hydroxylation sites is 1. The lowest BCUT2D eigenvalue weighted by atomic mass is 10.0. The molecular formula is C15H16N2O4. The highest BCUT2D eigenvalue weighted by Gasteiger charge is 2.16. The van der Waals surface area contributed by atoms with E-state index in [2.05, 4.69) is 10.3 Å². The first-order chi connectivity index (χ1) is 10.0. The number of carbonyl (C=O) groups is 2. The highest BCUT2D eigenvalue weighted by molar-refractivity contribution is 5.99. The Kier molecular flexibility index (Phi) is 4.37. The molecule has 0 atom stereocenters. The summed E-state index contributed by atoms with van der Waals surface area (Å²) in [5.74, 6) is -1.39. The van der Waals surface area contributed by atoms with E-state index < -0.39 is 17.4 Å². The van der Waals surface area contributed by atoms with Gasteiger partial charge in [-0.25, -0.2) is 0 Å². The normalized spacial score (nSPS) is 10.5. The molecule has 110 valence electrons. The van der Waals surface area contributed by atoms with Crippen LogP contribution in [0, 0.1) is 6.92 Å². The van der Waals surface area contributed by atoms with Gasteiger partial charge < -0.3 is 15.4 Å². The smallest absolute Gasteiger partial charge is 0.303 e. The standard InChI is InChI=1S/C15H16N2O4/c1-9-10-5-2-3-6-11(10)17-15(21)13(9)14(20)16-8-4-7-12(18)19/h2-3,5-6H,4,7-8H2,1H3,(H,16,20)(H,17,21)(H,18,19). The summed E-state index contributed by atoms with van der Waals surface area (Å²) in [6, 6.07) is 7.26. The minimum Gasteiger partial charge on any atom is -0.481 e. The number of carboxylic acid groups (broad SMARTS) is 1. The third-order valence-corrected chi connectivity index (χ3v) is 3.26. The van der Waals surface area contributed by atoms with E-state index in [1.807, 2.05) is 18.2 Å². The summed E-state index contributed by atoms with van der Waals surface area (Å²) in [6.45, 7) is 1.95. The first kappa shape index (κ1) is 14.8. The number of fused-ring (bicyclic) bond motifs is 1. The summed E-state index contributed by atoms with van der Waals surface area (Å²) in [6.07, 6.45) is 0.305. The van der Waals surface area contributed by atoms with Crippen molar-refractivity contribution < 1.29 is 14.7 Å². The molecule has 0 saturated heterocycles. The number of hydrogen-bond donors (Lipinski definition) is 3. The summed E-state index contributed by atoms with van der Waals surface area (Å²) in [7, 11) is 0. The molecule has 1 aromatic heterocycles. The predicted octanol–water partition coefficient (Wildman–Crippen LogP) is 1.43. The van der Waals surface area contributed by atoms with E-state index in [-0.39, 0.29) is 18.5 Å². The largest absolute Gasteiger partial charge is 0.481 e. The molecule has 0 saturated carbocycles. The number of carbonyl (C=O) groups excluding carboxylic acids is 1. The van der Waals surface area contributed by atoms with Crippen molar-refractivity contribution in [3.05, 3.63) is 45.7 Å². The van der Waals surface area contributed by atoms with Gasteiger partial charge in [0.15, 0.2) is 0 Å². The minimum atomic E-state index is -0.913. The molecule has 6 heteroatoms. The monoisotopic (exact) mass is 288 g/mol. The predicted molar refractivity (Wildman–Crippen MR) is 78.5 cm³/mol. The van der Waals surface area contributed by atoms with Gasteiger partial charge in [0, 0.05) is 23.9 Å². The molecule has 21 heavy (non-hydrogen) atoms. The number of amides is 1. The second-order valence-corrected chi connectivity index (χ2v) is 4.75. The Morgan fingerprint density at radius 3 is 2.71 bits per heavy atom. The summed E-state index contributed by atoms with van der Waals surface area (Å²) in [5, 5.41) is 11.9. The fraction of sp³-hybridized carbons (Fsp3) is 0.267. The molecule has 0 fully saturated rings. The third kappa shape index (κ3) is 3.28. The van der Waals surface area contributed by atoms with Crippen LogP contribution in [-0.4, -0.2) is 28.5 Å². The zero-order valence-corrected chi connectivity index (χ0v) is 11.6. The maximum absolute atomic E-state index is 12.1. The molecule has 2 rings (SSSR count). The highest BCUT2D eigenvalue weighted by Crippen LogP contribution is 2.16. The molecule has 3 N–H and O–H groups in total. The topological polar surface area (TPSA) is 99.3 Å². The summed E-state index contributed by atoms with van der Waals surface area (Å²) < 4.78 is 0. The molecular weight excluding hydrogens is 272 g/mol. The van der Waals surface area contributed by atoms with Gasteiger partial charge in [0.1, 0.15) is 5.56 Å². The van der Waals surface area contributed by atoms with Crippen molar-refractivity contribution in [3.8, 4) is 0 Å². The summed E-state index contributed by atoms with van der Waals surface area (Å²) >= 11 is 0. The molecule has 2 aromatic rings. The number of hydrogen-bond acceptors (Lipinski definition) is 3. The highest BCUT2D eigenvalue weighted by atomic mass is 16.4. The Morgan fingerprint density at radius 2 is 2.00 bits per heavy atom. The number of carboxylic acids is 1. The molecule has 0 aliphatic carbocycles. The van der Waals surface area contributed by atoms with Gasteiger partial charge in [0.05, 0.1) is 0 Å². The molecule has 0 aliphatic rings. The van der Waals surface area contributed by atoms with Crippen LogP contribution in [-0.2, 0) is 4.79 Å². The van der Waals surface area contributed by atoms with Crippen molar-refractivity contribution in [2.75, 3.05) is 6.54 Å². The van der Waals surface area contributed by atoms with Crippen LogP contribution in [0.25, 0.3) is 10.9 Å². The van der Waals surface area contributed by atoms with Crippen LogP contribution < -0.4 is 10.9 Å². The molecule has 0 aliphatic heterocycles. The van der Waals surface area contributed by atoms with Gasteiger partial charge in [0.25, 0.3) is 11.5 Å². The van der Waals surface area contributed by atoms with Crippen molar-refractivity contribution in [1.29, 1.82) is 0 Å². The van der Waals surface area contributed by atoms with E-state index in [0.717, 1.165) is 5.39 Å². The van der Waals surface area contributed by atoms with Crippen molar-refractivity contribution >= 4 is 22.8 Å². The summed E-state index contributed by atoms with van der Waals surface area (Å²) in [4.78, 5) is 37.2. The first-order valence-corrected chi connectivity index (χ1v) is 6.62. The number of aryl methyl sites for hydroxylation is 1. The first-order valence-electron chi connectivity index (χ1n) is 6.62. The molecule has 0 bridgehead atoms. The van der Waals surface area contributed by atoms with E-state index in [0.29, 0.717) is 17.5 Å². The Bertz CT molecular complexity index is 749. The Labute approximate surface area is 120 Å². The van der Waals surface area contributed by atoms with Gasteiger partial charge in [-0.05, 0) is 25.0 Å². The number of aromatic amines is 1. The molecule has 1 aromatic carbocycles. The molecule has 0 spiro atoms. The lowest BCUT2D eigenvalue weighted by Gasteiger charge is -2.09. The number of benzene rings is 1. The van der Waals surface area contributed by atoms with Crippen LogP contribution in [0.5, 0.6) is 0 Å². The fourth-order valence-corrected chi connectivity index (χ4v) is 2.21. The number of aromatic nitrogens is 1. The van der Waals surface area contributed by atoms with Gasteiger partial charge in [-0.15, -0.1) is 0 Å². The maximum Gasteiger partial charge on any atom is 0.303 e. The van der Waals surface area contributed by atoms with Gasteiger partial charge >= 0.3 is 5.97 Å². The minimum absolute atomic E-state index is 0.0205. The Hall–Kier alpha value is -2.63. The van der Waals surface area contributed by atoms with Crippen molar-refractivity contribution in [3.63, 3.8) is 0 Å². The van der Waals surface area contributed by atoms with Crippen molar-refractivity contribution in [2.24, 2.45) is 0 Å². The maximum atomic E-state index is 12.1. The zero-order chi connectivity index (χ0) is 15.4. The third-order valence-electron chi connectivity index (χ3n) is 3.26. The van der Waals surface area contributed by atoms with E-state index >= 15 is 0 Å². The number of pyridine rings is 1. The number of nitrogens with one attached hydrogen (secondary N) is 2. The molecule has 0 unspecified atom stereocenters. The number of H-pyrrole nitrogens is 1. The molecule has 1 amide bonds. The number of aliphatic carboxylic acids is 1. The van der Waals surface area contributed by atoms with Crippen LogP contribution in [0.1, 0.15) is 28.8 Å². The van der Waals surface area contributed by atoms with Crippen molar-refractivity contribution in [1.82, 2.24) is 10.3 Å². The van der Waals surface area contributed by atoms with Gasteiger partial charge in [0.2, 0.25) is 0 Å². The Balaban J connectivity index is 2.23. The van der Waals surface area contributed by atoms with Crippen LogP contribution in [0.2, 0.25) is 0 Å². The molecule has 1 heterocycles. The lowest BCUT2D eigenvalue weighted by molar-refractivity contribution is -0.137.